The number of nitrogens with two attached hydrogens (primary N) is 2. The molecule has 0 heterocycles. The number of guanidine groups is 1. The summed E-state index contributed by atoms with van der Waals surface area (Å²) in [6, 6.07) is 8.42. The predicted octanol–water partition coefficient (Wildman–Crippen LogP) is 1.37. The van der Waals surface area contributed by atoms with Gasteiger partial charge in [0.15, 0.2) is 5.96 Å². The maximum absolute atomic E-state index is 5.27. The number of nitrogens with zero attached hydrogens (tertiary/aromatic N) is 1. The van der Waals surface area contributed by atoms with Crippen molar-refractivity contribution in [3.63, 3.8) is 0 Å². The summed E-state index contributed by atoms with van der Waals surface area (Å²) in [7, 11) is 0. The van der Waals surface area contributed by atoms with Gasteiger partial charge in [0.05, 0.1) is 0 Å². The molecule has 0 amide bonds. The zero-order chi connectivity index (χ0) is 10.6. The van der Waals surface area contributed by atoms with Gasteiger partial charge in [-0.1, -0.05) is 36.8 Å². The van der Waals surface area contributed by atoms with E-state index >= 15 is 0 Å². The van der Waals surface area contributed by atoms with Crippen LogP contribution in [0.5, 0.6) is 0 Å². The van der Waals surface area contributed by atoms with Crippen LogP contribution in [-0.4, -0.2) is 12.5 Å². The first kappa shape index (κ1) is 10.6. The lowest BCUT2D eigenvalue weighted by Crippen LogP contribution is -2.23. The van der Waals surface area contributed by atoms with Crippen molar-refractivity contribution in [3.8, 4) is 0 Å². The highest BCUT2D eigenvalue weighted by Gasteiger charge is 2.03. The van der Waals surface area contributed by atoms with Crippen LogP contribution in [0.3, 0.4) is 0 Å². The molecule has 1 aromatic carbocycles. The molecule has 0 saturated heterocycles. The van der Waals surface area contributed by atoms with Crippen molar-refractivity contribution in [3.05, 3.63) is 35.4 Å². The molecular weight excluding hydrogens is 174 g/mol. The third-order valence-corrected chi connectivity index (χ3v) is 2.19. The second-order valence-corrected chi connectivity index (χ2v) is 3.58. The molecule has 0 aliphatic heterocycles. The summed E-state index contributed by atoms with van der Waals surface area (Å²) < 4.78 is 0. The van der Waals surface area contributed by atoms with E-state index in [1.54, 1.807) is 0 Å². The van der Waals surface area contributed by atoms with E-state index in [1.807, 2.05) is 0 Å². The number of rotatable bonds is 3. The van der Waals surface area contributed by atoms with Crippen LogP contribution in [0.25, 0.3) is 0 Å². The number of hydrogen-bond donors (Lipinski definition) is 2. The normalized spacial score (nSPS) is 12.1. The standard InChI is InChI=1S/C11H17N3/c1-8-3-5-10(6-4-8)9(2)7-14-11(12)13/h3-6,9H,7H2,1-2H3,(H4,12,13,14). The molecule has 1 unspecified atom stereocenters. The average molecular weight is 191 g/mol. The summed E-state index contributed by atoms with van der Waals surface area (Å²) in [5, 5.41) is 0. The molecule has 76 valence electrons. The molecule has 0 saturated carbocycles. The van der Waals surface area contributed by atoms with Crippen molar-refractivity contribution in [2.75, 3.05) is 6.54 Å². The van der Waals surface area contributed by atoms with Crippen LogP contribution in [-0.2, 0) is 0 Å². The quantitative estimate of drug-likeness (QED) is 0.560. The highest BCUT2D eigenvalue weighted by molar-refractivity contribution is 5.75. The number of benzene rings is 1. The number of aryl methyl sites for hydroxylation is 1. The molecule has 3 nitrogen and oxygen atoms in total. The Bertz CT molecular complexity index is 310. The van der Waals surface area contributed by atoms with Gasteiger partial charge in [-0.15, -0.1) is 0 Å². The second-order valence-electron chi connectivity index (χ2n) is 3.58. The molecule has 3 heteroatoms. The summed E-state index contributed by atoms with van der Waals surface area (Å²) in [5.41, 5.74) is 13.1. The third kappa shape index (κ3) is 3.09. The van der Waals surface area contributed by atoms with Crippen molar-refractivity contribution in [2.45, 2.75) is 19.8 Å². The fourth-order valence-electron chi connectivity index (χ4n) is 1.24. The van der Waals surface area contributed by atoms with E-state index < -0.39 is 0 Å². The first-order valence-corrected chi connectivity index (χ1v) is 4.71. The van der Waals surface area contributed by atoms with E-state index in [9.17, 15) is 0 Å². The van der Waals surface area contributed by atoms with Crippen LogP contribution < -0.4 is 11.5 Å². The SMILES string of the molecule is Cc1ccc(C(C)CN=C(N)N)cc1. The zero-order valence-corrected chi connectivity index (χ0v) is 8.70. The van der Waals surface area contributed by atoms with E-state index in [2.05, 4.69) is 43.1 Å². The molecule has 1 aromatic rings. The zero-order valence-electron chi connectivity index (χ0n) is 8.70. The molecule has 0 spiro atoms. The van der Waals surface area contributed by atoms with Crippen LogP contribution in [0.4, 0.5) is 0 Å². The van der Waals surface area contributed by atoms with Crippen molar-refractivity contribution in [1.82, 2.24) is 0 Å². The van der Waals surface area contributed by atoms with Crippen LogP contribution in [0.2, 0.25) is 0 Å². The van der Waals surface area contributed by atoms with Gasteiger partial charge in [-0.05, 0) is 12.5 Å². The highest BCUT2D eigenvalue weighted by atomic mass is 15.0. The van der Waals surface area contributed by atoms with E-state index in [0.29, 0.717) is 12.5 Å². The van der Waals surface area contributed by atoms with Gasteiger partial charge < -0.3 is 11.5 Å². The van der Waals surface area contributed by atoms with Gasteiger partial charge in [0, 0.05) is 12.5 Å². The molecule has 0 aliphatic carbocycles. The van der Waals surface area contributed by atoms with Gasteiger partial charge in [-0.2, -0.15) is 0 Å². The average Bonchev–Trinajstić information content (AvgIpc) is 2.15. The Morgan fingerprint density at radius 2 is 1.86 bits per heavy atom. The largest absolute Gasteiger partial charge is 0.370 e. The molecule has 1 atom stereocenters. The Labute approximate surface area is 84.8 Å². The maximum atomic E-state index is 5.27. The Morgan fingerprint density at radius 1 is 1.29 bits per heavy atom. The third-order valence-electron chi connectivity index (χ3n) is 2.19. The minimum Gasteiger partial charge on any atom is -0.370 e. The van der Waals surface area contributed by atoms with Crippen LogP contribution in [0.15, 0.2) is 29.3 Å². The monoisotopic (exact) mass is 191 g/mol. The minimum atomic E-state index is 0.156. The molecular formula is C11H17N3. The van der Waals surface area contributed by atoms with Crippen molar-refractivity contribution in [2.24, 2.45) is 16.5 Å². The summed E-state index contributed by atoms with van der Waals surface area (Å²) in [5.74, 6) is 0.515. The minimum absolute atomic E-state index is 0.156. The van der Waals surface area contributed by atoms with E-state index in [4.69, 9.17) is 11.5 Å². The molecule has 0 aromatic heterocycles. The van der Waals surface area contributed by atoms with Crippen molar-refractivity contribution >= 4 is 5.96 Å². The molecule has 0 bridgehead atoms. The van der Waals surface area contributed by atoms with Gasteiger partial charge >= 0.3 is 0 Å². The van der Waals surface area contributed by atoms with E-state index in [0.717, 1.165) is 0 Å². The fraction of sp³-hybridized carbons (Fsp3) is 0.364. The summed E-state index contributed by atoms with van der Waals surface area (Å²) in [6.45, 7) is 4.83. The smallest absolute Gasteiger partial charge is 0.185 e. The van der Waals surface area contributed by atoms with E-state index in [1.165, 1.54) is 11.1 Å². The lowest BCUT2D eigenvalue weighted by atomic mass is 10.0. The molecule has 4 N–H and O–H groups in total. The van der Waals surface area contributed by atoms with Crippen LogP contribution in [0.1, 0.15) is 24.0 Å². The number of aliphatic imine (C=N–C) groups is 1. The van der Waals surface area contributed by atoms with E-state index in [-0.39, 0.29) is 5.96 Å². The predicted molar refractivity (Wildman–Crippen MR) is 60.3 cm³/mol. The summed E-state index contributed by atoms with van der Waals surface area (Å²) in [4.78, 5) is 4.00. The first-order chi connectivity index (χ1) is 6.59. The summed E-state index contributed by atoms with van der Waals surface area (Å²) in [6.07, 6.45) is 0. The maximum Gasteiger partial charge on any atom is 0.185 e. The lowest BCUT2D eigenvalue weighted by molar-refractivity contribution is 0.773. The Hall–Kier alpha value is -1.51. The highest BCUT2D eigenvalue weighted by Crippen LogP contribution is 2.15. The molecule has 1 rings (SSSR count). The van der Waals surface area contributed by atoms with Crippen LogP contribution >= 0.6 is 0 Å². The van der Waals surface area contributed by atoms with Crippen LogP contribution in [0, 0.1) is 6.92 Å². The number of hydrogen-bond acceptors (Lipinski definition) is 1. The van der Waals surface area contributed by atoms with Gasteiger partial charge in [-0.25, -0.2) is 0 Å². The fourth-order valence-corrected chi connectivity index (χ4v) is 1.24. The first-order valence-electron chi connectivity index (χ1n) is 4.71. The topological polar surface area (TPSA) is 64.4 Å². The molecule has 0 fully saturated rings. The lowest BCUT2D eigenvalue weighted by Gasteiger charge is -2.09. The van der Waals surface area contributed by atoms with Crippen molar-refractivity contribution in [1.29, 1.82) is 0 Å². The second kappa shape index (κ2) is 4.65. The van der Waals surface area contributed by atoms with Gasteiger partial charge in [0.2, 0.25) is 0 Å². The Balaban J connectivity index is 2.65. The Morgan fingerprint density at radius 3 is 2.36 bits per heavy atom. The molecule has 0 aliphatic rings. The van der Waals surface area contributed by atoms with Gasteiger partial charge in [-0.3, -0.25) is 4.99 Å². The van der Waals surface area contributed by atoms with Crippen molar-refractivity contribution < 1.29 is 0 Å². The molecule has 14 heavy (non-hydrogen) atoms. The Kier molecular flexibility index (Phi) is 3.51. The van der Waals surface area contributed by atoms with Gasteiger partial charge in [0.25, 0.3) is 0 Å². The van der Waals surface area contributed by atoms with Gasteiger partial charge in [0.1, 0.15) is 0 Å². The molecule has 0 radical (unpaired) electrons. The summed E-state index contributed by atoms with van der Waals surface area (Å²) >= 11 is 0.